The van der Waals surface area contributed by atoms with Crippen molar-refractivity contribution in [3.63, 3.8) is 0 Å². The van der Waals surface area contributed by atoms with Gasteiger partial charge in [-0.15, -0.1) is 0 Å². The maximum absolute atomic E-state index is 13.3. The molecule has 1 saturated heterocycles. The highest BCUT2D eigenvalue weighted by Gasteiger charge is 2.60. The Kier molecular flexibility index (Phi) is 3.90. The molecule has 1 aromatic heterocycles. The quantitative estimate of drug-likeness (QED) is 0.620. The van der Waals surface area contributed by atoms with Crippen LogP contribution in [0.5, 0.6) is 0 Å². The highest BCUT2D eigenvalue weighted by Crippen LogP contribution is 2.56. The second kappa shape index (κ2) is 5.87. The first-order chi connectivity index (χ1) is 13.0. The molecule has 1 unspecified atom stereocenters. The van der Waals surface area contributed by atoms with Crippen molar-refractivity contribution in [2.75, 3.05) is 5.32 Å². The van der Waals surface area contributed by atoms with E-state index in [9.17, 15) is 14.4 Å². The Morgan fingerprint density at radius 1 is 1.04 bits per heavy atom. The van der Waals surface area contributed by atoms with E-state index in [0.29, 0.717) is 24.9 Å². The molecular formula is C22H26N3O3+. The van der Waals surface area contributed by atoms with E-state index in [-0.39, 0.29) is 17.7 Å². The number of nitrogens with one attached hydrogen (secondary N) is 2. The lowest BCUT2D eigenvalue weighted by atomic mass is 9.52. The van der Waals surface area contributed by atoms with Gasteiger partial charge in [-0.05, 0) is 31.4 Å². The predicted octanol–water partition coefficient (Wildman–Crippen LogP) is 2.46. The molecular weight excluding hydrogens is 354 g/mol. The van der Waals surface area contributed by atoms with E-state index in [0.717, 1.165) is 10.9 Å². The SMILES string of the molecule is C[n+]1cc(NC(=O)C2(C)C[C@@]3(C)C[C@@](C)(C2)C(=O)NC3=O)cc2ccccc21. The number of para-hydroxylation sites is 1. The van der Waals surface area contributed by atoms with Crippen LogP contribution in [0, 0.1) is 16.2 Å². The Balaban J connectivity index is 1.66. The Morgan fingerprint density at radius 3 is 2.29 bits per heavy atom. The van der Waals surface area contributed by atoms with Gasteiger partial charge in [0, 0.05) is 27.7 Å². The molecule has 3 amide bonds. The molecule has 0 spiro atoms. The second-order valence-electron chi connectivity index (χ2n) is 9.35. The molecule has 28 heavy (non-hydrogen) atoms. The van der Waals surface area contributed by atoms with Crippen molar-refractivity contribution in [1.82, 2.24) is 5.32 Å². The minimum Gasteiger partial charge on any atom is -0.321 e. The summed E-state index contributed by atoms with van der Waals surface area (Å²) in [6, 6.07) is 9.91. The predicted molar refractivity (Wildman–Crippen MR) is 105 cm³/mol. The van der Waals surface area contributed by atoms with Crippen LogP contribution in [0.15, 0.2) is 36.5 Å². The average molecular weight is 380 g/mol. The van der Waals surface area contributed by atoms with Crippen molar-refractivity contribution >= 4 is 34.3 Å². The number of carbonyl (C=O) groups excluding carboxylic acids is 3. The molecule has 1 aliphatic carbocycles. The number of hydrogen-bond donors (Lipinski definition) is 2. The number of fused-ring (bicyclic) bond motifs is 3. The summed E-state index contributed by atoms with van der Waals surface area (Å²) in [5.41, 5.74) is -0.475. The van der Waals surface area contributed by atoms with Gasteiger partial charge in [-0.1, -0.05) is 32.9 Å². The number of rotatable bonds is 2. The number of nitrogens with zero attached hydrogens (tertiary/aromatic N) is 1. The van der Waals surface area contributed by atoms with Gasteiger partial charge >= 0.3 is 0 Å². The van der Waals surface area contributed by atoms with Crippen LogP contribution in [0.1, 0.15) is 40.0 Å². The molecule has 146 valence electrons. The molecule has 2 aliphatic rings. The van der Waals surface area contributed by atoms with Gasteiger partial charge < -0.3 is 5.32 Å². The van der Waals surface area contributed by atoms with Crippen molar-refractivity contribution < 1.29 is 19.0 Å². The largest absolute Gasteiger partial charge is 0.321 e. The summed E-state index contributed by atoms with van der Waals surface area (Å²) < 4.78 is 1.97. The van der Waals surface area contributed by atoms with Gasteiger partial charge in [0.15, 0.2) is 6.20 Å². The Labute approximate surface area is 164 Å². The number of benzene rings is 1. The number of carbonyl (C=O) groups is 3. The first-order valence-corrected chi connectivity index (χ1v) is 9.61. The van der Waals surface area contributed by atoms with E-state index in [2.05, 4.69) is 10.6 Å². The van der Waals surface area contributed by atoms with Gasteiger partial charge in [0.05, 0.1) is 0 Å². The fourth-order valence-electron chi connectivity index (χ4n) is 5.42. The molecule has 2 heterocycles. The van der Waals surface area contributed by atoms with Crippen molar-refractivity contribution in [1.29, 1.82) is 0 Å². The van der Waals surface area contributed by atoms with Crippen LogP contribution < -0.4 is 15.2 Å². The third kappa shape index (κ3) is 2.79. The molecule has 2 aromatic rings. The van der Waals surface area contributed by atoms with Gasteiger partial charge in [-0.3, -0.25) is 19.7 Å². The average Bonchev–Trinajstić information content (AvgIpc) is 2.59. The first kappa shape index (κ1) is 18.6. The molecule has 2 fully saturated rings. The summed E-state index contributed by atoms with van der Waals surface area (Å²) >= 11 is 0. The van der Waals surface area contributed by atoms with Crippen molar-refractivity contribution in [3.05, 3.63) is 36.5 Å². The van der Waals surface area contributed by atoms with Gasteiger partial charge in [0.1, 0.15) is 12.7 Å². The van der Waals surface area contributed by atoms with E-state index in [1.807, 2.05) is 68.9 Å². The van der Waals surface area contributed by atoms with E-state index >= 15 is 0 Å². The topological polar surface area (TPSA) is 79.2 Å². The maximum atomic E-state index is 13.3. The zero-order chi connectivity index (χ0) is 20.3. The maximum Gasteiger partial charge on any atom is 0.232 e. The molecule has 1 aliphatic heterocycles. The molecule has 2 N–H and O–H groups in total. The normalized spacial score (nSPS) is 32.1. The molecule has 1 saturated carbocycles. The third-order valence-electron chi connectivity index (χ3n) is 6.43. The highest BCUT2D eigenvalue weighted by molar-refractivity contribution is 6.05. The number of amides is 3. The number of piperidine rings is 1. The lowest BCUT2D eigenvalue weighted by molar-refractivity contribution is -0.644. The lowest BCUT2D eigenvalue weighted by Gasteiger charge is -2.53. The molecule has 2 bridgehead atoms. The van der Waals surface area contributed by atoms with Crippen molar-refractivity contribution in [3.8, 4) is 0 Å². The molecule has 6 heteroatoms. The molecule has 4 rings (SSSR count). The number of anilines is 1. The molecule has 6 nitrogen and oxygen atoms in total. The summed E-state index contributed by atoms with van der Waals surface area (Å²) in [7, 11) is 1.94. The monoisotopic (exact) mass is 380 g/mol. The Hall–Kier alpha value is -2.76. The van der Waals surface area contributed by atoms with Crippen LogP contribution in [0.2, 0.25) is 0 Å². The number of imide groups is 1. The Bertz CT molecular complexity index is 1000. The summed E-state index contributed by atoms with van der Waals surface area (Å²) in [4.78, 5) is 38.2. The number of hydrogen-bond acceptors (Lipinski definition) is 3. The van der Waals surface area contributed by atoms with E-state index in [1.54, 1.807) is 0 Å². The van der Waals surface area contributed by atoms with Crippen LogP contribution in [0.3, 0.4) is 0 Å². The van der Waals surface area contributed by atoms with Crippen LogP contribution in [0.25, 0.3) is 10.9 Å². The Morgan fingerprint density at radius 2 is 1.64 bits per heavy atom. The highest BCUT2D eigenvalue weighted by atomic mass is 16.2. The van der Waals surface area contributed by atoms with Crippen molar-refractivity contribution in [2.45, 2.75) is 40.0 Å². The zero-order valence-electron chi connectivity index (χ0n) is 16.8. The van der Waals surface area contributed by atoms with Crippen LogP contribution in [-0.4, -0.2) is 17.7 Å². The minimum absolute atomic E-state index is 0.151. The van der Waals surface area contributed by atoms with Crippen LogP contribution >= 0.6 is 0 Å². The van der Waals surface area contributed by atoms with E-state index in [4.69, 9.17) is 0 Å². The van der Waals surface area contributed by atoms with E-state index in [1.165, 1.54) is 0 Å². The van der Waals surface area contributed by atoms with Gasteiger partial charge in [0.25, 0.3) is 0 Å². The number of pyridine rings is 1. The fourth-order valence-corrected chi connectivity index (χ4v) is 5.42. The van der Waals surface area contributed by atoms with Gasteiger partial charge in [-0.2, -0.15) is 4.57 Å². The van der Waals surface area contributed by atoms with E-state index < -0.39 is 16.2 Å². The minimum atomic E-state index is -0.806. The summed E-state index contributed by atoms with van der Waals surface area (Å²) in [6.45, 7) is 5.58. The lowest BCUT2D eigenvalue weighted by Crippen LogP contribution is -2.63. The van der Waals surface area contributed by atoms with Gasteiger partial charge in [-0.25, -0.2) is 0 Å². The summed E-state index contributed by atoms with van der Waals surface area (Å²) in [5.74, 6) is -0.695. The number of aromatic nitrogens is 1. The fraction of sp³-hybridized carbons (Fsp3) is 0.455. The van der Waals surface area contributed by atoms with Crippen LogP contribution in [0.4, 0.5) is 5.69 Å². The summed E-state index contributed by atoms with van der Waals surface area (Å²) in [6.07, 6.45) is 3.20. The summed E-state index contributed by atoms with van der Waals surface area (Å²) in [5, 5.41) is 6.57. The first-order valence-electron chi connectivity index (χ1n) is 9.61. The standard InChI is InChI=1S/C22H25N3O3/c1-20(11-21(2)13-22(3,12-20)19(28)24-18(21)27)17(26)23-15-9-14-7-5-6-8-16(14)25(4)10-15/h5-10H,11-13H2,1-4H3,(H-,23,24,26,27,28)/p+1/t20?,21-,22+. The molecule has 0 radical (unpaired) electrons. The van der Waals surface area contributed by atoms with Gasteiger partial charge in [0.2, 0.25) is 23.2 Å². The van der Waals surface area contributed by atoms with Crippen molar-refractivity contribution in [2.24, 2.45) is 23.3 Å². The number of aryl methyl sites for hydroxylation is 1. The zero-order valence-corrected chi connectivity index (χ0v) is 16.8. The molecule has 3 atom stereocenters. The second-order valence-corrected chi connectivity index (χ2v) is 9.35. The van der Waals surface area contributed by atoms with Crippen LogP contribution in [-0.2, 0) is 21.4 Å². The smallest absolute Gasteiger partial charge is 0.232 e. The third-order valence-corrected chi connectivity index (χ3v) is 6.43. The molecule has 1 aromatic carbocycles.